The molecule has 0 aliphatic heterocycles. The van der Waals surface area contributed by atoms with Crippen LogP contribution in [0.2, 0.25) is 0 Å². The zero-order valence-corrected chi connectivity index (χ0v) is 15.1. The number of hydrogen-bond donors (Lipinski definition) is 1. The average Bonchev–Trinajstić information content (AvgIpc) is 2.97. The van der Waals surface area contributed by atoms with Crippen molar-refractivity contribution in [2.45, 2.75) is 26.3 Å². The molecule has 0 unspecified atom stereocenters. The Morgan fingerprint density at radius 1 is 1.04 bits per heavy atom. The van der Waals surface area contributed by atoms with Crippen molar-refractivity contribution in [3.63, 3.8) is 0 Å². The maximum atomic E-state index is 5.70. The van der Waals surface area contributed by atoms with E-state index >= 15 is 0 Å². The third-order valence-corrected chi connectivity index (χ3v) is 4.40. The second kappa shape index (κ2) is 7.57. The summed E-state index contributed by atoms with van der Waals surface area (Å²) >= 11 is 0. The van der Waals surface area contributed by atoms with Crippen molar-refractivity contribution >= 4 is 11.0 Å². The van der Waals surface area contributed by atoms with Crippen LogP contribution in [0, 0.1) is 6.92 Å². The minimum absolute atomic E-state index is 0.653. The van der Waals surface area contributed by atoms with Crippen LogP contribution in [-0.4, -0.2) is 30.3 Å². The van der Waals surface area contributed by atoms with Gasteiger partial charge in [0.15, 0.2) is 11.5 Å². The van der Waals surface area contributed by atoms with Crippen LogP contribution in [0.3, 0.4) is 0 Å². The lowest BCUT2D eigenvalue weighted by atomic mass is 10.1. The highest BCUT2D eigenvalue weighted by Crippen LogP contribution is 2.33. The van der Waals surface area contributed by atoms with Crippen LogP contribution >= 0.6 is 0 Å². The van der Waals surface area contributed by atoms with Crippen molar-refractivity contribution in [1.82, 2.24) is 9.55 Å². The average molecular weight is 339 g/mol. The van der Waals surface area contributed by atoms with E-state index in [1.807, 2.05) is 12.1 Å². The molecule has 5 heteroatoms. The van der Waals surface area contributed by atoms with Crippen molar-refractivity contribution < 1.29 is 9.47 Å². The van der Waals surface area contributed by atoms with Gasteiger partial charge in [-0.2, -0.15) is 0 Å². The van der Waals surface area contributed by atoms with Crippen LogP contribution in [0.1, 0.15) is 23.4 Å². The van der Waals surface area contributed by atoms with Gasteiger partial charge in [-0.25, -0.2) is 4.98 Å². The lowest BCUT2D eigenvalue weighted by Crippen LogP contribution is -2.08. The van der Waals surface area contributed by atoms with Crippen molar-refractivity contribution in [1.29, 1.82) is 0 Å². The van der Waals surface area contributed by atoms with Gasteiger partial charge in [0.25, 0.3) is 0 Å². The van der Waals surface area contributed by atoms with Crippen LogP contribution in [0.15, 0.2) is 36.4 Å². The molecule has 0 fully saturated rings. The molecule has 0 amide bonds. The topological polar surface area (TPSA) is 62.3 Å². The number of benzene rings is 2. The third-order valence-electron chi connectivity index (χ3n) is 4.40. The standard InChI is InChI=1S/C20H25N3O2/c1-14-6-8-15(9-7-14)13-23-17-12-19(25-3)18(24-2)11-16(17)22-20(23)5-4-10-21/h6-9,11-12H,4-5,10,13,21H2,1-3H3. The zero-order chi connectivity index (χ0) is 17.8. The highest BCUT2D eigenvalue weighted by atomic mass is 16.5. The van der Waals surface area contributed by atoms with Gasteiger partial charge in [-0.15, -0.1) is 0 Å². The Balaban J connectivity index is 2.09. The summed E-state index contributed by atoms with van der Waals surface area (Å²) in [5.74, 6) is 2.45. The Labute approximate surface area is 148 Å². The summed E-state index contributed by atoms with van der Waals surface area (Å²) in [5.41, 5.74) is 10.2. The highest BCUT2D eigenvalue weighted by Gasteiger charge is 2.15. The van der Waals surface area contributed by atoms with Gasteiger partial charge in [0.1, 0.15) is 5.82 Å². The monoisotopic (exact) mass is 339 g/mol. The zero-order valence-electron chi connectivity index (χ0n) is 15.1. The van der Waals surface area contributed by atoms with Gasteiger partial charge in [0.2, 0.25) is 0 Å². The van der Waals surface area contributed by atoms with Crippen LogP contribution in [-0.2, 0) is 13.0 Å². The number of aryl methyl sites for hydroxylation is 2. The second-order valence-electron chi connectivity index (χ2n) is 6.19. The molecule has 0 spiro atoms. The van der Waals surface area contributed by atoms with Crippen molar-refractivity contribution in [3.8, 4) is 11.5 Å². The van der Waals surface area contributed by atoms with Crippen LogP contribution in [0.25, 0.3) is 11.0 Å². The number of hydrogen-bond acceptors (Lipinski definition) is 4. The van der Waals surface area contributed by atoms with E-state index in [-0.39, 0.29) is 0 Å². The van der Waals surface area contributed by atoms with Gasteiger partial charge in [0, 0.05) is 25.1 Å². The molecular formula is C20H25N3O2. The molecule has 132 valence electrons. The number of rotatable bonds is 7. The fourth-order valence-corrected chi connectivity index (χ4v) is 3.01. The van der Waals surface area contributed by atoms with Crippen LogP contribution in [0.4, 0.5) is 0 Å². The molecule has 1 heterocycles. The summed E-state index contributed by atoms with van der Waals surface area (Å²) in [5, 5.41) is 0. The molecule has 0 radical (unpaired) electrons. The van der Waals surface area contributed by atoms with Crippen molar-refractivity contribution in [3.05, 3.63) is 53.3 Å². The van der Waals surface area contributed by atoms with Gasteiger partial charge in [0.05, 0.1) is 25.3 Å². The maximum Gasteiger partial charge on any atom is 0.163 e. The molecule has 1 aromatic heterocycles. The molecule has 3 rings (SSSR count). The molecule has 2 aromatic carbocycles. The predicted molar refractivity (Wildman–Crippen MR) is 100 cm³/mol. The Hall–Kier alpha value is -2.53. The van der Waals surface area contributed by atoms with Gasteiger partial charge in [-0.05, 0) is 25.5 Å². The van der Waals surface area contributed by atoms with E-state index in [4.69, 9.17) is 20.2 Å². The first-order valence-corrected chi connectivity index (χ1v) is 8.53. The summed E-state index contributed by atoms with van der Waals surface area (Å²) in [4.78, 5) is 4.82. The minimum atomic E-state index is 0.653. The first-order valence-electron chi connectivity index (χ1n) is 8.53. The quantitative estimate of drug-likeness (QED) is 0.717. The highest BCUT2D eigenvalue weighted by molar-refractivity contribution is 5.80. The number of nitrogens with two attached hydrogens (primary N) is 1. The lowest BCUT2D eigenvalue weighted by molar-refractivity contribution is 0.355. The van der Waals surface area contributed by atoms with Crippen LogP contribution < -0.4 is 15.2 Å². The molecule has 0 saturated heterocycles. The maximum absolute atomic E-state index is 5.70. The number of aromatic nitrogens is 2. The van der Waals surface area contributed by atoms with Gasteiger partial charge in [-0.3, -0.25) is 0 Å². The number of nitrogens with zero attached hydrogens (tertiary/aromatic N) is 2. The predicted octanol–water partition coefficient (Wildman–Crippen LogP) is 3.30. The number of fused-ring (bicyclic) bond motifs is 1. The first kappa shape index (κ1) is 17.3. The van der Waals surface area contributed by atoms with Gasteiger partial charge < -0.3 is 19.8 Å². The fourth-order valence-electron chi connectivity index (χ4n) is 3.01. The van der Waals surface area contributed by atoms with Gasteiger partial charge >= 0.3 is 0 Å². The normalized spacial score (nSPS) is 11.0. The second-order valence-corrected chi connectivity index (χ2v) is 6.19. The van der Waals surface area contributed by atoms with E-state index in [0.717, 1.165) is 36.2 Å². The Morgan fingerprint density at radius 3 is 2.36 bits per heavy atom. The number of imidazole rings is 1. The summed E-state index contributed by atoms with van der Waals surface area (Å²) in [7, 11) is 3.29. The van der Waals surface area contributed by atoms with Gasteiger partial charge in [-0.1, -0.05) is 29.8 Å². The molecule has 0 saturated carbocycles. The van der Waals surface area contributed by atoms with E-state index in [1.54, 1.807) is 14.2 Å². The summed E-state index contributed by atoms with van der Waals surface area (Å²) in [6.07, 6.45) is 1.76. The minimum Gasteiger partial charge on any atom is -0.493 e. The van der Waals surface area contributed by atoms with E-state index < -0.39 is 0 Å². The molecule has 2 N–H and O–H groups in total. The van der Waals surface area contributed by atoms with E-state index in [9.17, 15) is 0 Å². The largest absolute Gasteiger partial charge is 0.493 e. The molecule has 25 heavy (non-hydrogen) atoms. The molecule has 5 nitrogen and oxygen atoms in total. The Morgan fingerprint density at radius 2 is 1.72 bits per heavy atom. The van der Waals surface area contributed by atoms with Crippen LogP contribution in [0.5, 0.6) is 11.5 Å². The van der Waals surface area contributed by atoms with Crippen molar-refractivity contribution in [2.75, 3.05) is 20.8 Å². The van der Waals surface area contributed by atoms with E-state index in [1.165, 1.54) is 11.1 Å². The number of methoxy groups -OCH3 is 2. The smallest absolute Gasteiger partial charge is 0.163 e. The molecule has 3 aromatic rings. The molecular weight excluding hydrogens is 314 g/mol. The van der Waals surface area contributed by atoms with E-state index in [2.05, 4.69) is 35.8 Å². The molecule has 0 aliphatic carbocycles. The molecule has 0 atom stereocenters. The molecule has 0 aliphatic rings. The van der Waals surface area contributed by atoms with E-state index in [0.29, 0.717) is 18.0 Å². The number of ether oxygens (including phenoxy) is 2. The summed E-state index contributed by atoms with van der Waals surface area (Å²) in [6.45, 7) is 3.52. The van der Waals surface area contributed by atoms with Crippen molar-refractivity contribution in [2.24, 2.45) is 5.73 Å². The SMILES string of the molecule is COc1cc2nc(CCCN)n(Cc3ccc(C)cc3)c2cc1OC. The third kappa shape index (κ3) is 3.61. The fraction of sp³-hybridized carbons (Fsp3) is 0.350. The summed E-state index contributed by atoms with van der Waals surface area (Å²) < 4.78 is 13.1. The first-order chi connectivity index (χ1) is 12.2. The lowest BCUT2D eigenvalue weighted by Gasteiger charge is -2.11. The summed E-state index contributed by atoms with van der Waals surface area (Å²) in [6, 6.07) is 12.5. The Bertz CT molecular complexity index is 853. The molecule has 0 bridgehead atoms. The Kier molecular flexibility index (Phi) is 5.24.